The minimum atomic E-state index is -0.524. The van der Waals surface area contributed by atoms with Crippen molar-refractivity contribution in [3.05, 3.63) is 65.7 Å². The molecule has 31 heavy (non-hydrogen) atoms. The number of amidine groups is 1. The Morgan fingerprint density at radius 1 is 1.06 bits per heavy atom. The summed E-state index contributed by atoms with van der Waals surface area (Å²) in [6.07, 6.45) is 0. The lowest BCUT2D eigenvalue weighted by atomic mass is 10.2. The second-order valence-corrected chi connectivity index (χ2v) is 7.05. The van der Waals surface area contributed by atoms with Gasteiger partial charge in [-0.3, -0.25) is 19.9 Å². The van der Waals surface area contributed by atoms with Crippen LogP contribution < -0.4 is 10.6 Å². The number of rotatable bonds is 8. The summed E-state index contributed by atoms with van der Waals surface area (Å²) in [6.45, 7) is 1.30. The first-order chi connectivity index (χ1) is 14.9. The van der Waals surface area contributed by atoms with E-state index in [4.69, 9.17) is 15.9 Å². The topological polar surface area (TPSA) is 120 Å². The third kappa shape index (κ3) is 5.19. The van der Waals surface area contributed by atoms with Crippen molar-refractivity contribution in [1.82, 2.24) is 9.80 Å². The van der Waals surface area contributed by atoms with Crippen molar-refractivity contribution in [2.75, 3.05) is 44.7 Å². The van der Waals surface area contributed by atoms with Crippen LogP contribution in [-0.4, -0.2) is 73.4 Å². The molecule has 1 aliphatic heterocycles. The van der Waals surface area contributed by atoms with Crippen LogP contribution >= 0.6 is 0 Å². The van der Waals surface area contributed by atoms with Crippen LogP contribution in [0.5, 0.6) is 0 Å². The Morgan fingerprint density at radius 3 is 2.35 bits per heavy atom. The quantitative estimate of drug-likeness (QED) is 0.379. The molecule has 0 atom stereocenters. The minimum absolute atomic E-state index is 0.0327. The predicted octanol–water partition coefficient (Wildman–Crippen LogP) is 1.53. The molecule has 3 rings (SSSR count). The van der Waals surface area contributed by atoms with Gasteiger partial charge in [-0.15, -0.1) is 0 Å². The van der Waals surface area contributed by atoms with E-state index in [9.17, 15) is 14.4 Å². The number of nitrogen functional groups attached to an aromatic ring is 1. The number of nitrogens with one attached hydrogen (secondary N) is 1. The predicted molar refractivity (Wildman–Crippen MR) is 116 cm³/mol. The zero-order valence-electron chi connectivity index (χ0n) is 17.3. The van der Waals surface area contributed by atoms with E-state index in [2.05, 4.69) is 0 Å². The number of carbonyl (C=O) groups is 3. The van der Waals surface area contributed by atoms with Crippen molar-refractivity contribution in [3.63, 3.8) is 0 Å². The van der Waals surface area contributed by atoms with Crippen molar-refractivity contribution < 1.29 is 19.1 Å². The van der Waals surface area contributed by atoms with E-state index in [1.54, 1.807) is 58.3 Å². The second kappa shape index (κ2) is 9.75. The van der Waals surface area contributed by atoms with Crippen molar-refractivity contribution >= 4 is 29.4 Å². The number of hydrogen-bond donors (Lipinski definition) is 2. The molecule has 2 aromatic carbocycles. The number of hydrogen-bond acceptors (Lipinski definition) is 5. The van der Waals surface area contributed by atoms with Gasteiger partial charge in [0.2, 0.25) is 0 Å². The highest BCUT2D eigenvalue weighted by atomic mass is 16.5. The summed E-state index contributed by atoms with van der Waals surface area (Å²) < 4.78 is 4.72. The fraction of sp³-hybridized carbons (Fsp3) is 0.273. The van der Waals surface area contributed by atoms with Crippen LogP contribution in [0.3, 0.4) is 0 Å². The maximum atomic E-state index is 12.8. The van der Waals surface area contributed by atoms with Crippen LogP contribution in [0.2, 0.25) is 0 Å². The summed E-state index contributed by atoms with van der Waals surface area (Å²) >= 11 is 0. The average molecular weight is 423 g/mol. The molecule has 0 aromatic heterocycles. The third-order valence-electron chi connectivity index (χ3n) is 5.08. The van der Waals surface area contributed by atoms with E-state index >= 15 is 0 Å². The monoisotopic (exact) mass is 423 g/mol. The lowest BCUT2D eigenvalue weighted by Gasteiger charge is -2.25. The summed E-state index contributed by atoms with van der Waals surface area (Å²) in [4.78, 5) is 42.1. The molecule has 3 N–H and O–H groups in total. The summed E-state index contributed by atoms with van der Waals surface area (Å²) in [5.41, 5.74) is 7.24. The van der Waals surface area contributed by atoms with Crippen LogP contribution in [0.25, 0.3) is 0 Å². The van der Waals surface area contributed by atoms with Crippen LogP contribution in [0.15, 0.2) is 54.6 Å². The van der Waals surface area contributed by atoms with Gasteiger partial charge in [0.25, 0.3) is 5.91 Å². The number of carbonyl (C=O) groups excluding carboxylic acids is 3. The Kier molecular flexibility index (Phi) is 6.86. The van der Waals surface area contributed by atoms with E-state index in [0.717, 1.165) is 0 Å². The molecule has 0 unspecified atom stereocenters. The second-order valence-electron chi connectivity index (χ2n) is 7.05. The summed E-state index contributed by atoms with van der Waals surface area (Å²) in [7, 11) is 1.27. The molecule has 0 bridgehead atoms. The van der Waals surface area contributed by atoms with Gasteiger partial charge in [0.1, 0.15) is 12.4 Å². The molecule has 9 nitrogen and oxygen atoms in total. The van der Waals surface area contributed by atoms with Gasteiger partial charge in [0.15, 0.2) is 0 Å². The highest BCUT2D eigenvalue weighted by Gasteiger charge is 2.30. The summed E-state index contributed by atoms with van der Waals surface area (Å²) in [6, 6.07) is 15.4. The number of ether oxygens (including phenoxy) is 1. The fourth-order valence-electron chi connectivity index (χ4n) is 3.33. The lowest BCUT2D eigenvalue weighted by Crippen LogP contribution is -2.43. The molecular weight excluding hydrogens is 398 g/mol. The van der Waals surface area contributed by atoms with E-state index in [1.807, 2.05) is 6.07 Å². The molecule has 1 heterocycles. The van der Waals surface area contributed by atoms with Crippen molar-refractivity contribution in [3.8, 4) is 0 Å². The maximum Gasteiger partial charge on any atom is 0.325 e. The van der Waals surface area contributed by atoms with E-state index in [-0.39, 0.29) is 37.4 Å². The number of esters is 1. The van der Waals surface area contributed by atoms with Gasteiger partial charge >= 0.3 is 12.0 Å². The Hall–Kier alpha value is -3.88. The molecule has 9 heteroatoms. The van der Waals surface area contributed by atoms with Gasteiger partial charge in [-0.05, 0) is 36.4 Å². The summed E-state index contributed by atoms with van der Waals surface area (Å²) in [5, 5.41) is 7.46. The van der Waals surface area contributed by atoms with Gasteiger partial charge in [-0.1, -0.05) is 18.2 Å². The number of anilines is 1. The Bertz CT molecular complexity index is 962. The molecule has 1 aliphatic rings. The molecule has 2 aromatic rings. The van der Waals surface area contributed by atoms with Gasteiger partial charge < -0.3 is 20.3 Å². The molecule has 0 spiro atoms. The molecule has 3 amide bonds. The number of methoxy groups -OCH3 is 1. The lowest BCUT2D eigenvalue weighted by molar-refractivity contribution is -0.141. The average Bonchev–Trinajstić information content (AvgIpc) is 3.16. The fourth-order valence-corrected chi connectivity index (χ4v) is 3.33. The first-order valence-corrected chi connectivity index (χ1v) is 9.82. The van der Waals surface area contributed by atoms with Gasteiger partial charge in [-0.2, -0.15) is 0 Å². The van der Waals surface area contributed by atoms with Crippen molar-refractivity contribution in [1.29, 1.82) is 5.41 Å². The first kappa shape index (κ1) is 21.8. The van der Waals surface area contributed by atoms with E-state index < -0.39 is 5.97 Å². The number of nitrogens with two attached hydrogens (primary N) is 1. The highest BCUT2D eigenvalue weighted by Crippen LogP contribution is 2.21. The zero-order valence-corrected chi connectivity index (χ0v) is 17.3. The molecule has 0 radical (unpaired) electrons. The van der Waals surface area contributed by atoms with Crippen molar-refractivity contribution in [2.24, 2.45) is 5.73 Å². The highest BCUT2D eigenvalue weighted by molar-refractivity contribution is 5.98. The van der Waals surface area contributed by atoms with E-state index in [0.29, 0.717) is 29.9 Å². The summed E-state index contributed by atoms with van der Waals surface area (Å²) in [5.74, 6) is -0.853. The normalized spacial score (nSPS) is 13.3. The zero-order chi connectivity index (χ0) is 22.4. The number of nitrogens with zero attached hydrogens (tertiary/aromatic N) is 3. The first-order valence-electron chi connectivity index (χ1n) is 9.82. The van der Waals surface area contributed by atoms with Crippen LogP contribution in [0.4, 0.5) is 10.5 Å². The van der Waals surface area contributed by atoms with Gasteiger partial charge in [0.05, 0.1) is 7.11 Å². The molecular formula is C22H25N5O4. The molecule has 0 saturated carbocycles. The molecule has 0 aliphatic carbocycles. The Labute approximate surface area is 180 Å². The smallest absolute Gasteiger partial charge is 0.325 e. The van der Waals surface area contributed by atoms with Crippen LogP contribution in [0, 0.1) is 5.41 Å². The van der Waals surface area contributed by atoms with Crippen LogP contribution in [0.1, 0.15) is 15.9 Å². The molecule has 1 fully saturated rings. The van der Waals surface area contributed by atoms with E-state index in [1.165, 1.54) is 12.0 Å². The van der Waals surface area contributed by atoms with Gasteiger partial charge in [-0.25, -0.2) is 4.79 Å². The molecule has 162 valence electrons. The van der Waals surface area contributed by atoms with Gasteiger partial charge in [0, 0.05) is 43.0 Å². The maximum absolute atomic E-state index is 12.8. The number of urea groups is 1. The largest absolute Gasteiger partial charge is 0.468 e. The Morgan fingerprint density at radius 2 is 1.74 bits per heavy atom. The Balaban J connectivity index is 1.66. The molecule has 1 saturated heterocycles. The SMILES string of the molecule is COC(=O)CN(CCN1CCN(c2ccc(C(=N)N)cc2)C1=O)C(=O)c1ccccc1. The minimum Gasteiger partial charge on any atom is -0.468 e. The third-order valence-corrected chi connectivity index (χ3v) is 5.08. The number of benzene rings is 2. The van der Waals surface area contributed by atoms with Crippen molar-refractivity contribution in [2.45, 2.75) is 0 Å². The number of amides is 3. The van der Waals surface area contributed by atoms with Crippen LogP contribution in [-0.2, 0) is 9.53 Å². The standard InChI is InChI=1S/C22H25N5O4/c1-31-19(28)15-26(21(29)17-5-3-2-4-6-17)12-11-25-13-14-27(22(25)30)18-9-7-16(8-10-18)20(23)24/h2-10H,11-15H2,1H3,(H3,23,24).